The van der Waals surface area contributed by atoms with Crippen molar-refractivity contribution in [3.8, 4) is 11.3 Å². The lowest BCUT2D eigenvalue weighted by Gasteiger charge is -2.27. The first kappa shape index (κ1) is 16.8. The molecule has 0 N–H and O–H groups in total. The highest BCUT2D eigenvalue weighted by atomic mass is 14.7. The standard InChI is InChI=1S/C25H25N/c1-4-25(3,5-2)21-14-15-26-24(17-21)20-13-12-19-11-10-18-8-6-7-9-22(18)23(19)16-20/h6-17H,4-5H2,1-3H3. The Morgan fingerprint density at radius 3 is 2.23 bits per heavy atom. The van der Waals surface area contributed by atoms with Crippen molar-refractivity contribution in [2.45, 2.75) is 39.0 Å². The van der Waals surface area contributed by atoms with Crippen molar-refractivity contribution in [3.63, 3.8) is 0 Å². The summed E-state index contributed by atoms with van der Waals surface area (Å²) in [6, 6.07) is 24.1. The molecule has 4 aromatic rings. The summed E-state index contributed by atoms with van der Waals surface area (Å²) in [5, 5.41) is 5.15. The molecule has 26 heavy (non-hydrogen) atoms. The van der Waals surface area contributed by atoms with Gasteiger partial charge in [0.15, 0.2) is 0 Å². The highest BCUT2D eigenvalue weighted by Gasteiger charge is 2.22. The molecule has 3 aromatic carbocycles. The molecule has 4 rings (SSSR count). The second-order valence-electron chi connectivity index (χ2n) is 7.42. The second kappa shape index (κ2) is 6.57. The van der Waals surface area contributed by atoms with Gasteiger partial charge in [-0.05, 0) is 63.6 Å². The topological polar surface area (TPSA) is 12.9 Å². The minimum absolute atomic E-state index is 0.210. The third-order valence-corrected chi connectivity index (χ3v) is 6.06. The Kier molecular flexibility index (Phi) is 4.24. The summed E-state index contributed by atoms with van der Waals surface area (Å²) in [5.41, 5.74) is 3.84. The monoisotopic (exact) mass is 339 g/mol. The Morgan fingerprint density at radius 2 is 1.46 bits per heavy atom. The fraction of sp³-hybridized carbons (Fsp3) is 0.240. The molecule has 1 heteroatoms. The molecule has 0 saturated carbocycles. The maximum Gasteiger partial charge on any atom is 0.0705 e. The summed E-state index contributed by atoms with van der Waals surface area (Å²) in [7, 11) is 0. The molecule has 0 atom stereocenters. The van der Waals surface area contributed by atoms with Gasteiger partial charge in [0.05, 0.1) is 5.69 Å². The SMILES string of the molecule is CCC(C)(CC)c1ccnc(-c2ccc3ccc4ccccc4c3c2)c1. The maximum absolute atomic E-state index is 4.68. The molecule has 1 aromatic heterocycles. The number of benzene rings is 3. The van der Waals surface area contributed by atoms with Crippen molar-refractivity contribution in [2.75, 3.05) is 0 Å². The van der Waals surface area contributed by atoms with E-state index in [-0.39, 0.29) is 5.41 Å². The van der Waals surface area contributed by atoms with Crippen molar-refractivity contribution in [2.24, 2.45) is 0 Å². The lowest BCUT2D eigenvalue weighted by molar-refractivity contribution is 0.438. The van der Waals surface area contributed by atoms with Crippen LogP contribution >= 0.6 is 0 Å². The summed E-state index contributed by atoms with van der Waals surface area (Å²) < 4.78 is 0. The van der Waals surface area contributed by atoms with Gasteiger partial charge >= 0.3 is 0 Å². The van der Waals surface area contributed by atoms with Gasteiger partial charge in [-0.15, -0.1) is 0 Å². The van der Waals surface area contributed by atoms with Gasteiger partial charge in [-0.3, -0.25) is 4.98 Å². The fourth-order valence-corrected chi connectivity index (χ4v) is 3.78. The first-order chi connectivity index (χ1) is 12.6. The smallest absolute Gasteiger partial charge is 0.0705 e. The van der Waals surface area contributed by atoms with Gasteiger partial charge in [-0.25, -0.2) is 0 Å². The van der Waals surface area contributed by atoms with Gasteiger partial charge in [0, 0.05) is 11.8 Å². The van der Waals surface area contributed by atoms with Crippen molar-refractivity contribution in [1.29, 1.82) is 0 Å². The third-order valence-electron chi connectivity index (χ3n) is 6.06. The van der Waals surface area contributed by atoms with Crippen LogP contribution in [0.15, 0.2) is 72.9 Å². The van der Waals surface area contributed by atoms with E-state index in [1.807, 2.05) is 6.20 Å². The molecule has 0 radical (unpaired) electrons. The average Bonchev–Trinajstić information content (AvgIpc) is 2.72. The van der Waals surface area contributed by atoms with Crippen LogP contribution in [0.4, 0.5) is 0 Å². The lowest BCUT2D eigenvalue weighted by atomic mass is 9.78. The number of hydrogen-bond donors (Lipinski definition) is 0. The molecule has 1 heterocycles. The van der Waals surface area contributed by atoms with Crippen molar-refractivity contribution >= 4 is 21.5 Å². The predicted octanol–water partition coefficient (Wildman–Crippen LogP) is 7.13. The number of pyridine rings is 1. The molecule has 0 aliphatic rings. The molecule has 130 valence electrons. The Morgan fingerprint density at radius 1 is 0.769 bits per heavy atom. The summed E-state index contributed by atoms with van der Waals surface area (Å²) in [4.78, 5) is 4.68. The van der Waals surface area contributed by atoms with Crippen LogP contribution in [0.5, 0.6) is 0 Å². The zero-order valence-corrected chi connectivity index (χ0v) is 15.8. The van der Waals surface area contributed by atoms with Crippen LogP contribution < -0.4 is 0 Å². The van der Waals surface area contributed by atoms with Gasteiger partial charge in [0.25, 0.3) is 0 Å². The maximum atomic E-state index is 4.68. The molecule has 0 fully saturated rings. The number of aromatic nitrogens is 1. The predicted molar refractivity (Wildman–Crippen MR) is 113 cm³/mol. The highest BCUT2D eigenvalue weighted by Crippen LogP contribution is 2.34. The van der Waals surface area contributed by atoms with Gasteiger partial charge in [-0.1, -0.05) is 69.3 Å². The van der Waals surface area contributed by atoms with Gasteiger partial charge < -0.3 is 0 Å². The van der Waals surface area contributed by atoms with E-state index in [9.17, 15) is 0 Å². The van der Waals surface area contributed by atoms with Crippen LogP contribution in [-0.4, -0.2) is 4.98 Å². The molecule has 0 amide bonds. The van der Waals surface area contributed by atoms with E-state index >= 15 is 0 Å². The second-order valence-corrected chi connectivity index (χ2v) is 7.42. The average molecular weight is 339 g/mol. The summed E-state index contributed by atoms with van der Waals surface area (Å²) in [5.74, 6) is 0. The van der Waals surface area contributed by atoms with E-state index in [1.165, 1.54) is 32.7 Å². The third kappa shape index (κ3) is 2.78. The summed E-state index contributed by atoms with van der Waals surface area (Å²) in [6.45, 7) is 6.89. The Bertz CT molecular complexity index is 1070. The first-order valence-corrected chi connectivity index (χ1v) is 9.53. The van der Waals surface area contributed by atoms with Crippen molar-refractivity contribution < 1.29 is 0 Å². The number of fused-ring (bicyclic) bond motifs is 3. The molecule has 0 aliphatic carbocycles. The van der Waals surface area contributed by atoms with E-state index in [0.29, 0.717) is 0 Å². The van der Waals surface area contributed by atoms with Crippen LogP contribution in [0.1, 0.15) is 39.2 Å². The van der Waals surface area contributed by atoms with Gasteiger partial charge in [0.1, 0.15) is 0 Å². The van der Waals surface area contributed by atoms with E-state index in [2.05, 4.69) is 92.5 Å². The number of hydrogen-bond acceptors (Lipinski definition) is 1. The van der Waals surface area contributed by atoms with Crippen LogP contribution in [0.2, 0.25) is 0 Å². The van der Waals surface area contributed by atoms with Gasteiger partial charge in [-0.2, -0.15) is 0 Å². The summed E-state index contributed by atoms with van der Waals surface area (Å²) >= 11 is 0. The van der Waals surface area contributed by atoms with E-state index in [4.69, 9.17) is 0 Å². The Labute approximate surface area is 155 Å². The molecular weight excluding hydrogens is 314 g/mol. The van der Waals surface area contributed by atoms with Crippen LogP contribution in [0.3, 0.4) is 0 Å². The van der Waals surface area contributed by atoms with Crippen LogP contribution in [0, 0.1) is 0 Å². The van der Waals surface area contributed by atoms with Gasteiger partial charge in [0.2, 0.25) is 0 Å². The molecule has 0 unspecified atom stereocenters. The van der Waals surface area contributed by atoms with Crippen molar-refractivity contribution in [3.05, 3.63) is 78.5 Å². The minimum atomic E-state index is 0.210. The van der Waals surface area contributed by atoms with Crippen LogP contribution in [-0.2, 0) is 5.41 Å². The van der Waals surface area contributed by atoms with E-state index < -0.39 is 0 Å². The van der Waals surface area contributed by atoms with E-state index in [0.717, 1.165) is 18.5 Å². The molecule has 0 bridgehead atoms. The van der Waals surface area contributed by atoms with E-state index in [1.54, 1.807) is 0 Å². The number of nitrogens with zero attached hydrogens (tertiary/aromatic N) is 1. The Hall–Kier alpha value is -2.67. The molecule has 1 nitrogen and oxygen atoms in total. The summed E-state index contributed by atoms with van der Waals surface area (Å²) in [6.07, 6.45) is 4.23. The zero-order valence-electron chi connectivity index (χ0n) is 15.8. The first-order valence-electron chi connectivity index (χ1n) is 9.53. The quantitative estimate of drug-likeness (QED) is 0.360. The molecular formula is C25H25N. The minimum Gasteiger partial charge on any atom is -0.256 e. The van der Waals surface area contributed by atoms with Crippen LogP contribution in [0.25, 0.3) is 32.8 Å². The Balaban J connectivity index is 1.88. The van der Waals surface area contributed by atoms with Crippen molar-refractivity contribution in [1.82, 2.24) is 4.98 Å². The largest absolute Gasteiger partial charge is 0.256 e. The number of rotatable bonds is 4. The molecule has 0 spiro atoms. The molecule has 0 saturated heterocycles. The highest BCUT2D eigenvalue weighted by molar-refractivity contribution is 6.08. The fourth-order valence-electron chi connectivity index (χ4n) is 3.78. The molecule has 0 aliphatic heterocycles. The zero-order chi connectivity index (χ0) is 18.1. The normalized spacial score (nSPS) is 12.0. The lowest BCUT2D eigenvalue weighted by Crippen LogP contribution is -2.19.